The van der Waals surface area contributed by atoms with Gasteiger partial charge in [0.1, 0.15) is 16.8 Å². The number of benzene rings is 2. The fourth-order valence-electron chi connectivity index (χ4n) is 3.59. The van der Waals surface area contributed by atoms with Crippen LogP contribution in [0.3, 0.4) is 0 Å². The van der Waals surface area contributed by atoms with Crippen LogP contribution in [0.2, 0.25) is 0 Å². The Hall–Kier alpha value is -3.04. The first-order valence-corrected chi connectivity index (χ1v) is 10.0. The highest BCUT2D eigenvalue weighted by molar-refractivity contribution is 8.00. The van der Waals surface area contributed by atoms with E-state index in [0.29, 0.717) is 16.3 Å². The van der Waals surface area contributed by atoms with E-state index in [1.165, 1.54) is 17.3 Å². The van der Waals surface area contributed by atoms with E-state index in [1.54, 1.807) is 7.11 Å². The van der Waals surface area contributed by atoms with Crippen LogP contribution in [-0.4, -0.2) is 29.8 Å². The minimum atomic E-state index is 0.0267. The van der Waals surface area contributed by atoms with Gasteiger partial charge in [0.05, 0.1) is 23.9 Å². The molecule has 4 rings (SSSR count). The zero-order chi connectivity index (χ0) is 19.7. The van der Waals surface area contributed by atoms with Crippen molar-refractivity contribution in [3.8, 4) is 11.8 Å². The zero-order valence-corrected chi connectivity index (χ0v) is 16.5. The van der Waals surface area contributed by atoms with Crippen LogP contribution in [0.5, 0.6) is 5.75 Å². The van der Waals surface area contributed by atoms with Crippen LogP contribution in [0.15, 0.2) is 53.6 Å². The number of rotatable bonds is 4. The van der Waals surface area contributed by atoms with Gasteiger partial charge in [0.2, 0.25) is 5.91 Å². The number of hydrogen-bond donors (Lipinski definition) is 0. The highest BCUT2D eigenvalue weighted by atomic mass is 32.2. The molecule has 1 aliphatic heterocycles. The van der Waals surface area contributed by atoms with Crippen molar-refractivity contribution in [1.29, 1.82) is 5.26 Å². The number of aromatic nitrogens is 1. The van der Waals surface area contributed by atoms with E-state index in [9.17, 15) is 10.1 Å². The van der Waals surface area contributed by atoms with Gasteiger partial charge in [-0.05, 0) is 43.2 Å². The topological polar surface area (TPSA) is 66.2 Å². The average molecular weight is 389 g/mol. The molecule has 1 aromatic heterocycles. The Labute approximate surface area is 167 Å². The third kappa shape index (κ3) is 3.30. The van der Waals surface area contributed by atoms with Crippen molar-refractivity contribution in [3.63, 3.8) is 0 Å². The van der Waals surface area contributed by atoms with E-state index in [2.05, 4.69) is 24.0 Å². The third-order valence-corrected chi connectivity index (χ3v) is 5.89. The maximum atomic E-state index is 12.9. The number of para-hydroxylation sites is 1. The molecular formula is C22H19N3O2S. The Balaban J connectivity index is 1.58. The molecule has 0 fully saturated rings. The fraction of sp³-hybridized carbons (Fsp3) is 0.227. The molecule has 5 nitrogen and oxygen atoms in total. The van der Waals surface area contributed by atoms with E-state index in [4.69, 9.17) is 4.74 Å². The van der Waals surface area contributed by atoms with Crippen molar-refractivity contribution in [1.82, 2.24) is 4.98 Å². The molecule has 2 aromatic carbocycles. The summed E-state index contributed by atoms with van der Waals surface area (Å²) < 4.78 is 5.26. The predicted molar refractivity (Wildman–Crippen MR) is 111 cm³/mol. The largest absolute Gasteiger partial charge is 0.497 e. The van der Waals surface area contributed by atoms with Crippen molar-refractivity contribution in [3.05, 3.63) is 59.7 Å². The number of ether oxygens (including phenoxy) is 1. The first-order chi connectivity index (χ1) is 13.6. The molecule has 0 N–H and O–H groups in total. The number of nitriles is 1. The zero-order valence-electron chi connectivity index (χ0n) is 15.7. The highest BCUT2D eigenvalue weighted by Gasteiger charge is 2.30. The minimum Gasteiger partial charge on any atom is -0.497 e. The smallest absolute Gasteiger partial charge is 0.237 e. The molecule has 6 heteroatoms. The number of carbonyl (C=O) groups excluding carboxylic acids is 1. The van der Waals surface area contributed by atoms with Gasteiger partial charge in [0.15, 0.2) is 0 Å². The fourth-order valence-corrected chi connectivity index (χ4v) is 4.41. The molecule has 0 radical (unpaired) electrons. The Bertz CT molecular complexity index is 1110. The van der Waals surface area contributed by atoms with E-state index in [1.807, 2.05) is 47.4 Å². The summed E-state index contributed by atoms with van der Waals surface area (Å²) in [5.74, 6) is 0.966. The molecule has 0 unspecified atom stereocenters. The quantitative estimate of drug-likeness (QED) is 0.626. The Morgan fingerprint density at radius 2 is 2.14 bits per heavy atom. The summed E-state index contributed by atoms with van der Waals surface area (Å²) >= 11 is 1.31. The lowest BCUT2D eigenvalue weighted by atomic mass is 10.1. The van der Waals surface area contributed by atoms with Crippen LogP contribution < -0.4 is 9.64 Å². The van der Waals surface area contributed by atoms with Gasteiger partial charge in [-0.2, -0.15) is 5.26 Å². The Morgan fingerprint density at radius 3 is 2.93 bits per heavy atom. The van der Waals surface area contributed by atoms with E-state index in [0.717, 1.165) is 23.0 Å². The summed E-state index contributed by atoms with van der Waals surface area (Å²) in [6.45, 7) is 2.06. The van der Waals surface area contributed by atoms with Gasteiger partial charge in [0.25, 0.3) is 0 Å². The van der Waals surface area contributed by atoms with Gasteiger partial charge in [-0.25, -0.2) is 4.98 Å². The summed E-state index contributed by atoms with van der Waals surface area (Å²) in [6, 6.07) is 17.7. The van der Waals surface area contributed by atoms with E-state index in [-0.39, 0.29) is 17.7 Å². The predicted octanol–water partition coefficient (Wildman–Crippen LogP) is 4.18. The SMILES string of the molecule is COc1ccc2cc(C#N)c(SCC(=O)N3c4ccccc4C[C@@H]3C)nc2c1. The molecule has 0 aliphatic carbocycles. The molecule has 0 bridgehead atoms. The lowest BCUT2D eigenvalue weighted by Crippen LogP contribution is -2.37. The van der Waals surface area contributed by atoms with Gasteiger partial charge in [0, 0.05) is 23.2 Å². The lowest BCUT2D eigenvalue weighted by Gasteiger charge is -2.22. The first kappa shape index (κ1) is 18.3. The van der Waals surface area contributed by atoms with Crippen LogP contribution in [0.1, 0.15) is 18.1 Å². The molecule has 0 saturated heterocycles. The Kier molecular flexibility index (Phi) is 4.93. The van der Waals surface area contributed by atoms with Crippen LogP contribution >= 0.6 is 11.8 Å². The second-order valence-corrected chi connectivity index (χ2v) is 7.71. The van der Waals surface area contributed by atoms with E-state index < -0.39 is 0 Å². The molecule has 0 saturated carbocycles. The van der Waals surface area contributed by atoms with Gasteiger partial charge in [-0.3, -0.25) is 4.79 Å². The summed E-state index contributed by atoms with van der Waals surface area (Å²) in [5, 5.41) is 10.9. The summed E-state index contributed by atoms with van der Waals surface area (Å²) in [4.78, 5) is 19.4. The molecule has 140 valence electrons. The normalized spacial score (nSPS) is 15.3. The third-order valence-electron chi connectivity index (χ3n) is 4.92. The number of amides is 1. The number of thioether (sulfide) groups is 1. The summed E-state index contributed by atoms with van der Waals surface area (Å²) in [7, 11) is 1.61. The van der Waals surface area contributed by atoms with Crippen molar-refractivity contribution in [2.75, 3.05) is 17.8 Å². The second-order valence-electron chi connectivity index (χ2n) is 6.75. The van der Waals surface area contributed by atoms with Crippen molar-refractivity contribution >= 4 is 34.3 Å². The minimum absolute atomic E-state index is 0.0267. The van der Waals surface area contributed by atoms with Crippen molar-refractivity contribution in [2.24, 2.45) is 0 Å². The van der Waals surface area contributed by atoms with Crippen LogP contribution in [-0.2, 0) is 11.2 Å². The molecule has 28 heavy (non-hydrogen) atoms. The number of nitrogens with zero attached hydrogens (tertiary/aromatic N) is 3. The number of carbonyl (C=O) groups is 1. The van der Waals surface area contributed by atoms with Crippen molar-refractivity contribution in [2.45, 2.75) is 24.4 Å². The van der Waals surface area contributed by atoms with Gasteiger partial charge in [-0.15, -0.1) is 0 Å². The van der Waals surface area contributed by atoms with Crippen LogP contribution in [0, 0.1) is 11.3 Å². The first-order valence-electron chi connectivity index (χ1n) is 9.02. The number of hydrogen-bond acceptors (Lipinski definition) is 5. The monoisotopic (exact) mass is 389 g/mol. The lowest BCUT2D eigenvalue weighted by molar-refractivity contribution is -0.116. The molecule has 3 aromatic rings. The number of pyridine rings is 1. The number of fused-ring (bicyclic) bond motifs is 2. The van der Waals surface area contributed by atoms with Gasteiger partial charge in [-0.1, -0.05) is 30.0 Å². The standard InChI is InChI=1S/C22H19N3O2S/c1-14-9-16-5-3-4-6-20(16)25(14)21(26)13-28-22-17(12-23)10-15-7-8-18(27-2)11-19(15)24-22/h3-8,10-11,14H,9,13H2,1-2H3/t14-/m0/s1. The summed E-state index contributed by atoms with van der Waals surface area (Å²) in [6.07, 6.45) is 0.865. The second kappa shape index (κ2) is 7.53. The van der Waals surface area contributed by atoms with Crippen molar-refractivity contribution < 1.29 is 9.53 Å². The molecule has 0 spiro atoms. The number of methoxy groups -OCH3 is 1. The van der Waals surface area contributed by atoms with Gasteiger partial charge >= 0.3 is 0 Å². The molecule has 1 amide bonds. The summed E-state index contributed by atoms with van der Waals surface area (Å²) in [5.41, 5.74) is 3.40. The van der Waals surface area contributed by atoms with Gasteiger partial charge < -0.3 is 9.64 Å². The highest BCUT2D eigenvalue weighted by Crippen LogP contribution is 2.33. The van der Waals surface area contributed by atoms with Crippen LogP contribution in [0.4, 0.5) is 5.69 Å². The molecule has 2 heterocycles. The van der Waals surface area contributed by atoms with Crippen LogP contribution in [0.25, 0.3) is 10.9 Å². The Morgan fingerprint density at radius 1 is 1.32 bits per heavy atom. The maximum absolute atomic E-state index is 12.9. The average Bonchev–Trinajstić information content (AvgIpc) is 3.06. The van der Waals surface area contributed by atoms with E-state index >= 15 is 0 Å². The molecule has 1 atom stereocenters. The molecule has 1 aliphatic rings. The maximum Gasteiger partial charge on any atom is 0.237 e. The number of anilines is 1. The molecular weight excluding hydrogens is 370 g/mol.